The number of rotatable bonds is 5. The van der Waals surface area contributed by atoms with Crippen molar-refractivity contribution in [3.05, 3.63) is 47.5 Å². The molecule has 0 aliphatic carbocycles. The van der Waals surface area contributed by atoms with Crippen molar-refractivity contribution in [3.8, 4) is 11.5 Å². The average Bonchev–Trinajstić information content (AvgIpc) is 2.50. The number of carbonyl (C=O) groups excluding carboxylic acids is 1. The quantitative estimate of drug-likeness (QED) is 0.583. The molecule has 0 saturated carbocycles. The standard InChI is InChI=1S/C15H16ClN3O3/c1-21-13-4-2-3-5-14(13)22-9-18-15(20)19-12-7-6-10(17)8-11(12)16/h2-8H,9,17H2,1H3,(H2,18,19,20). The van der Waals surface area contributed by atoms with E-state index in [0.717, 1.165) is 0 Å². The van der Waals surface area contributed by atoms with Crippen LogP contribution in [0.15, 0.2) is 42.5 Å². The number of carbonyl (C=O) groups is 1. The normalized spacial score (nSPS) is 9.91. The number of benzene rings is 2. The highest BCUT2D eigenvalue weighted by Crippen LogP contribution is 2.25. The second kappa shape index (κ2) is 7.42. The van der Waals surface area contributed by atoms with Crippen molar-refractivity contribution in [2.24, 2.45) is 0 Å². The van der Waals surface area contributed by atoms with E-state index in [9.17, 15) is 4.79 Å². The van der Waals surface area contributed by atoms with Crippen LogP contribution in [-0.4, -0.2) is 19.9 Å². The number of hydrogen-bond donors (Lipinski definition) is 3. The Bertz CT molecular complexity index is 664. The summed E-state index contributed by atoms with van der Waals surface area (Å²) in [6.07, 6.45) is 0. The SMILES string of the molecule is COc1ccccc1OCNC(=O)Nc1ccc(N)cc1Cl. The molecule has 2 aromatic rings. The topological polar surface area (TPSA) is 85.6 Å². The van der Waals surface area contributed by atoms with Gasteiger partial charge in [-0.05, 0) is 30.3 Å². The predicted molar refractivity (Wildman–Crippen MR) is 86.5 cm³/mol. The van der Waals surface area contributed by atoms with Crippen LogP contribution in [0.25, 0.3) is 0 Å². The lowest BCUT2D eigenvalue weighted by Crippen LogP contribution is -2.32. The number of urea groups is 1. The molecule has 0 aromatic heterocycles. The molecule has 7 heteroatoms. The molecule has 0 saturated heterocycles. The Morgan fingerprint density at radius 1 is 1.23 bits per heavy atom. The number of nitrogens with two attached hydrogens (primary N) is 1. The summed E-state index contributed by atoms with van der Waals surface area (Å²) in [7, 11) is 1.55. The molecular formula is C15H16ClN3O3. The van der Waals surface area contributed by atoms with Gasteiger partial charge in [-0.25, -0.2) is 4.79 Å². The Balaban J connectivity index is 1.85. The van der Waals surface area contributed by atoms with Crippen LogP contribution in [0, 0.1) is 0 Å². The van der Waals surface area contributed by atoms with Crippen LogP contribution >= 0.6 is 11.6 Å². The molecule has 6 nitrogen and oxygen atoms in total. The zero-order chi connectivity index (χ0) is 15.9. The Kier molecular flexibility index (Phi) is 5.32. The first kappa shape index (κ1) is 15.8. The van der Waals surface area contributed by atoms with E-state index in [-0.39, 0.29) is 6.73 Å². The summed E-state index contributed by atoms with van der Waals surface area (Å²) in [6, 6.07) is 11.5. The first-order valence-electron chi connectivity index (χ1n) is 6.46. The third-order valence-corrected chi connectivity index (χ3v) is 3.08. The molecule has 4 N–H and O–H groups in total. The molecule has 2 amide bonds. The first-order valence-corrected chi connectivity index (χ1v) is 6.83. The number of para-hydroxylation sites is 2. The molecule has 0 atom stereocenters. The molecule has 0 unspecified atom stereocenters. The molecule has 0 radical (unpaired) electrons. The van der Waals surface area contributed by atoms with Crippen LogP contribution < -0.4 is 25.8 Å². The summed E-state index contributed by atoms with van der Waals surface area (Å²) < 4.78 is 10.6. The van der Waals surface area contributed by atoms with Gasteiger partial charge in [0.05, 0.1) is 17.8 Å². The molecule has 2 rings (SSSR count). The van der Waals surface area contributed by atoms with Crippen molar-refractivity contribution in [2.45, 2.75) is 0 Å². The zero-order valence-electron chi connectivity index (χ0n) is 11.9. The fourth-order valence-electron chi connectivity index (χ4n) is 1.72. The molecule has 0 fully saturated rings. The minimum absolute atomic E-state index is 0.0151. The van der Waals surface area contributed by atoms with Gasteiger partial charge in [0.1, 0.15) is 0 Å². The van der Waals surface area contributed by atoms with E-state index in [1.807, 2.05) is 12.1 Å². The van der Waals surface area contributed by atoms with Gasteiger partial charge in [-0.15, -0.1) is 0 Å². The summed E-state index contributed by atoms with van der Waals surface area (Å²) in [5.41, 5.74) is 6.57. The Morgan fingerprint density at radius 3 is 2.64 bits per heavy atom. The highest BCUT2D eigenvalue weighted by atomic mass is 35.5. The molecule has 0 aliphatic heterocycles. The van der Waals surface area contributed by atoms with Crippen LogP contribution in [0.5, 0.6) is 11.5 Å². The van der Waals surface area contributed by atoms with E-state index < -0.39 is 6.03 Å². The minimum Gasteiger partial charge on any atom is -0.493 e. The summed E-state index contributed by atoms with van der Waals surface area (Å²) in [4.78, 5) is 11.8. The number of methoxy groups -OCH3 is 1. The Morgan fingerprint density at radius 2 is 1.95 bits per heavy atom. The first-order chi connectivity index (χ1) is 10.6. The van der Waals surface area contributed by atoms with E-state index in [1.54, 1.807) is 37.4 Å². The predicted octanol–water partition coefficient (Wildman–Crippen LogP) is 3.09. The van der Waals surface area contributed by atoms with Crippen molar-refractivity contribution in [3.63, 3.8) is 0 Å². The van der Waals surface area contributed by atoms with Crippen LogP contribution in [0.1, 0.15) is 0 Å². The third-order valence-electron chi connectivity index (χ3n) is 2.77. The molecule has 116 valence electrons. The van der Waals surface area contributed by atoms with Crippen molar-refractivity contribution >= 4 is 29.0 Å². The van der Waals surface area contributed by atoms with E-state index in [0.29, 0.717) is 27.9 Å². The van der Waals surface area contributed by atoms with Crippen LogP contribution in [-0.2, 0) is 0 Å². The van der Waals surface area contributed by atoms with Gasteiger partial charge >= 0.3 is 6.03 Å². The number of hydrogen-bond acceptors (Lipinski definition) is 4. The van der Waals surface area contributed by atoms with Crippen molar-refractivity contribution in [2.75, 3.05) is 24.9 Å². The van der Waals surface area contributed by atoms with Crippen molar-refractivity contribution in [1.82, 2.24) is 5.32 Å². The number of amides is 2. The van der Waals surface area contributed by atoms with Gasteiger partial charge in [0.25, 0.3) is 0 Å². The molecule has 0 spiro atoms. The number of nitrogens with one attached hydrogen (secondary N) is 2. The van der Waals surface area contributed by atoms with Gasteiger partial charge in [0.2, 0.25) is 0 Å². The Hall–Kier alpha value is -2.60. The van der Waals surface area contributed by atoms with E-state index in [1.165, 1.54) is 0 Å². The lowest BCUT2D eigenvalue weighted by Gasteiger charge is -2.12. The van der Waals surface area contributed by atoms with Gasteiger partial charge < -0.3 is 25.8 Å². The minimum atomic E-state index is -0.443. The molecule has 0 heterocycles. The van der Waals surface area contributed by atoms with Crippen molar-refractivity contribution < 1.29 is 14.3 Å². The molecule has 22 heavy (non-hydrogen) atoms. The second-order valence-electron chi connectivity index (χ2n) is 4.31. The van der Waals surface area contributed by atoms with Gasteiger partial charge in [0.15, 0.2) is 18.2 Å². The van der Waals surface area contributed by atoms with Gasteiger partial charge in [-0.1, -0.05) is 23.7 Å². The molecule has 2 aromatic carbocycles. The fraction of sp³-hybridized carbons (Fsp3) is 0.133. The van der Waals surface area contributed by atoms with Crippen LogP contribution in [0.2, 0.25) is 5.02 Å². The average molecular weight is 322 g/mol. The second-order valence-corrected chi connectivity index (χ2v) is 4.72. The maximum absolute atomic E-state index is 11.8. The van der Waals surface area contributed by atoms with Gasteiger partial charge in [0, 0.05) is 5.69 Å². The largest absolute Gasteiger partial charge is 0.493 e. The summed E-state index contributed by atoms with van der Waals surface area (Å²) in [5.74, 6) is 1.13. The van der Waals surface area contributed by atoms with Crippen LogP contribution in [0.3, 0.4) is 0 Å². The lowest BCUT2D eigenvalue weighted by molar-refractivity contribution is 0.231. The van der Waals surface area contributed by atoms with Gasteiger partial charge in [-0.2, -0.15) is 0 Å². The zero-order valence-corrected chi connectivity index (χ0v) is 12.7. The maximum atomic E-state index is 11.8. The monoisotopic (exact) mass is 321 g/mol. The van der Waals surface area contributed by atoms with Crippen LogP contribution in [0.4, 0.5) is 16.2 Å². The molecular weight excluding hydrogens is 306 g/mol. The number of nitrogen functional groups attached to an aromatic ring is 1. The smallest absolute Gasteiger partial charge is 0.321 e. The summed E-state index contributed by atoms with van der Waals surface area (Å²) in [5, 5.41) is 5.52. The summed E-state index contributed by atoms with van der Waals surface area (Å²) in [6.45, 7) is -0.0151. The summed E-state index contributed by atoms with van der Waals surface area (Å²) >= 11 is 5.97. The lowest BCUT2D eigenvalue weighted by atomic mass is 10.3. The number of halogens is 1. The Labute approximate surface area is 133 Å². The highest BCUT2D eigenvalue weighted by molar-refractivity contribution is 6.34. The maximum Gasteiger partial charge on any atom is 0.321 e. The van der Waals surface area contributed by atoms with E-state index in [4.69, 9.17) is 26.8 Å². The highest BCUT2D eigenvalue weighted by Gasteiger charge is 2.07. The van der Waals surface area contributed by atoms with E-state index >= 15 is 0 Å². The fourth-order valence-corrected chi connectivity index (χ4v) is 1.95. The molecule has 0 aliphatic rings. The van der Waals surface area contributed by atoms with Gasteiger partial charge in [-0.3, -0.25) is 0 Å². The van der Waals surface area contributed by atoms with Crippen molar-refractivity contribution in [1.29, 1.82) is 0 Å². The number of anilines is 2. The third kappa shape index (κ3) is 4.20. The van der Waals surface area contributed by atoms with E-state index in [2.05, 4.69) is 10.6 Å². The molecule has 0 bridgehead atoms. The number of ether oxygens (including phenoxy) is 2.